The molecule has 2 aliphatic rings. The van der Waals surface area contributed by atoms with E-state index in [1.54, 1.807) is 11.8 Å². The number of aliphatic carboxylic acids is 1. The van der Waals surface area contributed by atoms with Crippen molar-refractivity contribution in [1.29, 1.82) is 0 Å². The van der Waals surface area contributed by atoms with Crippen molar-refractivity contribution >= 4 is 11.9 Å². The Morgan fingerprint density at radius 3 is 2.56 bits per heavy atom. The van der Waals surface area contributed by atoms with Crippen LogP contribution in [0.2, 0.25) is 0 Å². The maximum atomic E-state index is 12.7. The van der Waals surface area contributed by atoms with Crippen molar-refractivity contribution in [2.24, 2.45) is 0 Å². The lowest BCUT2D eigenvalue weighted by molar-refractivity contribution is -0.158. The lowest BCUT2D eigenvalue weighted by Gasteiger charge is -2.38. The van der Waals surface area contributed by atoms with Gasteiger partial charge in [-0.15, -0.1) is 0 Å². The van der Waals surface area contributed by atoms with Gasteiger partial charge in [-0.25, -0.2) is 4.79 Å². The second-order valence-corrected chi connectivity index (χ2v) is 5.61. The van der Waals surface area contributed by atoms with Crippen LogP contribution in [-0.4, -0.2) is 46.1 Å². The van der Waals surface area contributed by atoms with Gasteiger partial charge in [-0.3, -0.25) is 4.79 Å². The molecule has 18 heavy (non-hydrogen) atoms. The number of carboxylic acids is 1. The van der Waals surface area contributed by atoms with E-state index in [0.29, 0.717) is 13.0 Å². The van der Waals surface area contributed by atoms with Gasteiger partial charge >= 0.3 is 5.97 Å². The third-order valence-electron chi connectivity index (χ3n) is 4.60. The molecule has 1 amide bonds. The molecule has 2 saturated heterocycles. The smallest absolute Gasteiger partial charge is 0.329 e. The van der Waals surface area contributed by atoms with E-state index in [9.17, 15) is 14.7 Å². The normalized spacial score (nSPS) is 36.0. The summed E-state index contributed by atoms with van der Waals surface area (Å²) >= 11 is 0. The molecule has 2 fully saturated rings. The summed E-state index contributed by atoms with van der Waals surface area (Å²) in [6.45, 7) is 5.06. The Labute approximate surface area is 108 Å². The van der Waals surface area contributed by atoms with Crippen LogP contribution in [0.5, 0.6) is 0 Å². The number of amides is 1. The molecule has 2 aliphatic heterocycles. The van der Waals surface area contributed by atoms with Gasteiger partial charge < -0.3 is 15.3 Å². The first kappa shape index (κ1) is 13.3. The fourth-order valence-electron chi connectivity index (χ4n) is 3.21. The molecule has 5 heteroatoms. The summed E-state index contributed by atoms with van der Waals surface area (Å²) in [4.78, 5) is 25.7. The molecule has 0 radical (unpaired) electrons. The summed E-state index contributed by atoms with van der Waals surface area (Å²) < 4.78 is 0. The summed E-state index contributed by atoms with van der Waals surface area (Å²) in [5, 5.41) is 12.7. The Morgan fingerprint density at radius 1 is 1.33 bits per heavy atom. The maximum Gasteiger partial charge on any atom is 0.329 e. The van der Waals surface area contributed by atoms with Gasteiger partial charge in [0.1, 0.15) is 5.54 Å². The lowest BCUT2D eigenvalue weighted by atomic mass is 9.90. The average molecular weight is 254 g/mol. The zero-order chi connectivity index (χ0) is 13.4. The predicted octanol–water partition coefficient (Wildman–Crippen LogP) is 0.984. The molecular formula is C13H22N2O3. The molecule has 2 unspecified atom stereocenters. The SMILES string of the molecule is CCC1(C(=O)N2CCCC2(C)C(=O)O)CCCN1. The molecule has 102 valence electrons. The number of carbonyl (C=O) groups excluding carboxylic acids is 1. The Balaban J connectivity index is 2.25. The highest BCUT2D eigenvalue weighted by molar-refractivity contribution is 5.92. The summed E-state index contributed by atoms with van der Waals surface area (Å²) in [6.07, 6.45) is 3.84. The zero-order valence-electron chi connectivity index (χ0n) is 11.2. The van der Waals surface area contributed by atoms with E-state index >= 15 is 0 Å². The molecule has 5 nitrogen and oxygen atoms in total. The van der Waals surface area contributed by atoms with Gasteiger partial charge in [-0.1, -0.05) is 6.92 Å². The highest BCUT2D eigenvalue weighted by Crippen LogP contribution is 2.34. The summed E-state index contributed by atoms with van der Waals surface area (Å²) in [5.41, 5.74) is -1.55. The van der Waals surface area contributed by atoms with Crippen LogP contribution in [0.15, 0.2) is 0 Å². The van der Waals surface area contributed by atoms with Crippen LogP contribution in [0, 0.1) is 0 Å². The minimum Gasteiger partial charge on any atom is -0.480 e. The van der Waals surface area contributed by atoms with Crippen LogP contribution in [0.1, 0.15) is 46.0 Å². The standard InChI is InChI=1S/C13H22N2O3/c1-3-13(7-4-8-14-13)10(16)15-9-5-6-12(15,2)11(17)18/h14H,3-9H2,1-2H3,(H,17,18). The van der Waals surface area contributed by atoms with Gasteiger partial charge in [0.25, 0.3) is 0 Å². The molecule has 2 heterocycles. The monoisotopic (exact) mass is 254 g/mol. The molecule has 2 atom stereocenters. The molecule has 2 rings (SSSR count). The number of nitrogens with one attached hydrogen (secondary N) is 1. The Kier molecular flexibility index (Phi) is 3.36. The molecule has 2 N–H and O–H groups in total. The Hall–Kier alpha value is -1.10. The number of carbonyl (C=O) groups is 2. The van der Waals surface area contributed by atoms with Crippen molar-refractivity contribution < 1.29 is 14.7 Å². The number of likely N-dealkylation sites (tertiary alicyclic amines) is 1. The molecule has 0 saturated carbocycles. The van der Waals surface area contributed by atoms with Crippen molar-refractivity contribution in [2.45, 2.75) is 57.0 Å². The minimum absolute atomic E-state index is 0.0232. The van der Waals surface area contributed by atoms with Crippen LogP contribution in [0.4, 0.5) is 0 Å². The number of rotatable bonds is 3. The van der Waals surface area contributed by atoms with Crippen LogP contribution < -0.4 is 5.32 Å². The number of hydrogen-bond acceptors (Lipinski definition) is 3. The first-order chi connectivity index (χ1) is 8.46. The third kappa shape index (κ3) is 1.81. The fourth-order valence-corrected chi connectivity index (χ4v) is 3.21. The molecule has 0 aliphatic carbocycles. The average Bonchev–Trinajstić information content (AvgIpc) is 2.96. The topological polar surface area (TPSA) is 69.6 Å². The number of hydrogen-bond donors (Lipinski definition) is 2. The van der Waals surface area contributed by atoms with E-state index in [1.165, 1.54) is 0 Å². The van der Waals surface area contributed by atoms with Crippen LogP contribution in [0.3, 0.4) is 0 Å². The van der Waals surface area contributed by atoms with Crippen LogP contribution in [-0.2, 0) is 9.59 Å². The van der Waals surface area contributed by atoms with Crippen molar-refractivity contribution in [2.75, 3.05) is 13.1 Å². The van der Waals surface area contributed by atoms with Crippen molar-refractivity contribution in [3.05, 3.63) is 0 Å². The molecule has 0 bridgehead atoms. The zero-order valence-corrected chi connectivity index (χ0v) is 11.2. The van der Waals surface area contributed by atoms with Crippen molar-refractivity contribution in [1.82, 2.24) is 10.2 Å². The van der Waals surface area contributed by atoms with Gasteiger partial charge in [0.15, 0.2) is 0 Å². The van der Waals surface area contributed by atoms with Gasteiger partial charge in [0.05, 0.1) is 5.54 Å². The third-order valence-corrected chi connectivity index (χ3v) is 4.60. The Morgan fingerprint density at radius 2 is 2.06 bits per heavy atom. The first-order valence-corrected chi connectivity index (χ1v) is 6.77. The van der Waals surface area contributed by atoms with Crippen molar-refractivity contribution in [3.8, 4) is 0 Å². The van der Waals surface area contributed by atoms with Gasteiger partial charge in [0, 0.05) is 6.54 Å². The minimum atomic E-state index is -1.02. The number of nitrogens with zero attached hydrogens (tertiary/aromatic N) is 1. The highest BCUT2D eigenvalue weighted by atomic mass is 16.4. The van der Waals surface area contributed by atoms with Crippen LogP contribution >= 0.6 is 0 Å². The summed E-state index contributed by atoms with van der Waals surface area (Å²) in [6, 6.07) is 0. The van der Waals surface area contributed by atoms with E-state index < -0.39 is 17.0 Å². The van der Waals surface area contributed by atoms with E-state index in [0.717, 1.165) is 32.2 Å². The quantitative estimate of drug-likeness (QED) is 0.788. The fraction of sp³-hybridized carbons (Fsp3) is 0.846. The molecule has 0 aromatic rings. The summed E-state index contributed by atoms with van der Waals surface area (Å²) in [5.74, 6) is -0.914. The van der Waals surface area contributed by atoms with Gasteiger partial charge in [-0.05, 0) is 45.6 Å². The van der Waals surface area contributed by atoms with E-state index in [-0.39, 0.29) is 5.91 Å². The van der Waals surface area contributed by atoms with Crippen LogP contribution in [0.25, 0.3) is 0 Å². The van der Waals surface area contributed by atoms with E-state index in [2.05, 4.69) is 5.32 Å². The molecule has 0 spiro atoms. The van der Waals surface area contributed by atoms with E-state index in [4.69, 9.17) is 0 Å². The Bertz CT molecular complexity index is 363. The lowest BCUT2D eigenvalue weighted by Crippen LogP contribution is -2.60. The molecular weight excluding hydrogens is 232 g/mol. The van der Waals surface area contributed by atoms with Crippen molar-refractivity contribution in [3.63, 3.8) is 0 Å². The number of carboxylic acid groups (broad SMARTS) is 1. The van der Waals surface area contributed by atoms with E-state index in [1.807, 2.05) is 6.92 Å². The highest BCUT2D eigenvalue weighted by Gasteiger charge is 2.51. The molecule has 0 aromatic heterocycles. The first-order valence-electron chi connectivity index (χ1n) is 6.77. The maximum absolute atomic E-state index is 12.7. The van der Waals surface area contributed by atoms with Gasteiger partial charge in [-0.2, -0.15) is 0 Å². The van der Waals surface area contributed by atoms with Gasteiger partial charge in [0.2, 0.25) is 5.91 Å². The second-order valence-electron chi connectivity index (χ2n) is 5.61. The second kappa shape index (κ2) is 4.53. The predicted molar refractivity (Wildman–Crippen MR) is 67.2 cm³/mol. The largest absolute Gasteiger partial charge is 0.480 e. The molecule has 0 aromatic carbocycles. The summed E-state index contributed by atoms with van der Waals surface area (Å²) in [7, 11) is 0.